The summed E-state index contributed by atoms with van der Waals surface area (Å²) in [5.74, 6) is 0.994. The molecule has 1 amide bonds. The fourth-order valence-electron chi connectivity index (χ4n) is 3.03. The van der Waals surface area contributed by atoms with Crippen molar-refractivity contribution in [2.75, 3.05) is 5.75 Å². The van der Waals surface area contributed by atoms with Gasteiger partial charge in [0.2, 0.25) is 0 Å². The molecule has 0 atom stereocenters. The first-order valence-corrected chi connectivity index (χ1v) is 10.2. The zero-order valence-corrected chi connectivity index (χ0v) is 14.8. The summed E-state index contributed by atoms with van der Waals surface area (Å²) in [6.07, 6.45) is 18.4. The van der Waals surface area contributed by atoms with Crippen LogP contribution in [0, 0.1) is 0 Å². The van der Waals surface area contributed by atoms with Gasteiger partial charge in [-0.3, -0.25) is 4.79 Å². The largest absolute Gasteiger partial charge is 0.344 e. The maximum absolute atomic E-state index is 11.8. The van der Waals surface area contributed by atoms with E-state index < -0.39 is 0 Å². The number of thioether (sulfide) groups is 1. The molecule has 1 rings (SSSR count). The van der Waals surface area contributed by atoms with Crippen molar-refractivity contribution < 1.29 is 4.79 Å². The van der Waals surface area contributed by atoms with Gasteiger partial charge in [0.05, 0.1) is 0 Å². The molecule has 0 saturated heterocycles. The minimum absolute atomic E-state index is 0.210. The minimum atomic E-state index is 0.210. The lowest BCUT2D eigenvalue weighted by molar-refractivity contribution is 0.253. The lowest BCUT2D eigenvalue weighted by Gasteiger charge is -2.22. The van der Waals surface area contributed by atoms with Crippen molar-refractivity contribution in [1.29, 1.82) is 0 Å². The molecule has 3 heteroatoms. The molecular formula is C18H35NOS. The quantitative estimate of drug-likeness (QED) is 0.454. The molecule has 124 valence electrons. The molecule has 0 aliphatic heterocycles. The van der Waals surface area contributed by atoms with Crippen LogP contribution in [0.1, 0.15) is 96.8 Å². The van der Waals surface area contributed by atoms with E-state index in [-0.39, 0.29) is 5.24 Å². The first-order valence-electron chi connectivity index (χ1n) is 9.26. The highest BCUT2D eigenvalue weighted by Crippen LogP contribution is 2.19. The summed E-state index contributed by atoms with van der Waals surface area (Å²) >= 11 is 1.49. The summed E-state index contributed by atoms with van der Waals surface area (Å²) in [6, 6.07) is 0.460. The average Bonchev–Trinajstić information content (AvgIpc) is 2.50. The molecule has 0 aromatic rings. The van der Waals surface area contributed by atoms with Gasteiger partial charge >= 0.3 is 0 Å². The molecule has 0 spiro atoms. The Labute approximate surface area is 136 Å². The number of nitrogens with one attached hydrogen (secondary N) is 1. The highest BCUT2D eigenvalue weighted by molar-refractivity contribution is 8.13. The van der Waals surface area contributed by atoms with E-state index in [0.717, 1.165) is 5.75 Å². The number of carbonyl (C=O) groups excluding carboxylic acids is 1. The Bertz CT molecular complexity index is 252. The average molecular weight is 314 g/mol. The number of carbonyl (C=O) groups is 1. The second-order valence-electron chi connectivity index (χ2n) is 6.44. The predicted molar refractivity (Wildman–Crippen MR) is 95.1 cm³/mol. The first-order chi connectivity index (χ1) is 10.3. The van der Waals surface area contributed by atoms with E-state index in [2.05, 4.69) is 12.2 Å². The molecule has 0 unspecified atom stereocenters. The second-order valence-corrected chi connectivity index (χ2v) is 7.51. The van der Waals surface area contributed by atoms with Crippen LogP contribution < -0.4 is 5.32 Å². The summed E-state index contributed by atoms with van der Waals surface area (Å²) in [7, 11) is 0. The van der Waals surface area contributed by atoms with Crippen molar-refractivity contribution in [3.8, 4) is 0 Å². The Morgan fingerprint density at radius 2 is 1.48 bits per heavy atom. The van der Waals surface area contributed by atoms with Crippen molar-refractivity contribution in [3.05, 3.63) is 0 Å². The topological polar surface area (TPSA) is 29.1 Å². The molecule has 0 aromatic heterocycles. The lowest BCUT2D eigenvalue weighted by Crippen LogP contribution is -2.33. The van der Waals surface area contributed by atoms with E-state index in [1.54, 1.807) is 0 Å². The normalized spacial score (nSPS) is 16.0. The number of amides is 1. The van der Waals surface area contributed by atoms with Crippen LogP contribution in [0.3, 0.4) is 0 Å². The summed E-state index contributed by atoms with van der Waals surface area (Å²) in [6.45, 7) is 2.27. The lowest BCUT2D eigenvalue weighted by atomic mass is 9.96. The van der Waals surface area contributed by atoms with Gasteiger partial charge in [-0.1, -0.05) is 89.3 Å². The second kappa shape index (κ2) is 13.5. The van der Waals surface area contributed by atoms with Gasteiger partial charge in [-0.25, -0.2) is 0 Å². The smallest absolute Gasteiger partial charge is 0.279 e. The van der Waals surface area contributed by atoms with Gasteiger partial charge in [-0.05, 0) is 19.3 Å². The van der Waals surface area contributed by atoms with E-state index in [4.69, 9.17) is 0 Å². The summed E-state index contributed by atoms with van der Waals surface area (Å²) in [5.41, 5.74) is 0. The Morgan fingerprint density at radius 3 is 2.10 bits per heavy atom. The zero-order chi connectivity index (χ0) is 15.2. The van der Waals surface area contributed by atoms with Crippen LogP contribution in [0.5, 0.6) is 0 Å². The molecular weight excluding hydrogens is 278 g/mol. The first kappa shape index (κ1) is 18.9. The van der Waals surface area contributed by atoms with Gasteiger partial charge in [0.25, 0.3) is 5.24 Å². The molecule has 21 heavy (non-hydrogen) atoms. The summed E-state index contributed by atoms with van der Waals surface area (Å²) in [4.78, 5) is 11.8. The third-order valence-corrected chi connectivity index (χ3v) is 5.28. The highest BCUT2D eigenvalue weighted by Gasteiger charge is 2.15. The standard InChI is InChI=1S/C18H35NOS/c1-2-3-4-5-6-7-8-9-13-16-21-18(20)19-17-14-11-10-12-15-17/h17H,2-16H2,1H3,(H,19,20). The fraction of sp³-hybridized carbons (Fsp3) is 0.944. The number of unbranched alkanes of at least 4 members (excludes halogenated alkanes) is 8. The monoisotopic (exact) mass is 313 g/mol. The maximum atomic E-state index is 11.8. The van der Waals surface area contributed by atoms with Crippen LogP contribution in [-0.4, -0.2) is 17.0 Å². The van der Waals surface area contributed by atoms with Crippen molar-refractivity contribution in [3.63, 3.8) is 0 Å². The van der Waals surface area contributed by atoms with Gasteiger partial charge < -0.3 is 5.32 Å². The molecule has 1 N–H and O–H groups in total. The number of hydrogen-bond donors (Lipinski definition) is 1. The van der Waals surface area contributed by atoms with Crippen LogP contribution in [0.2, 0.25) is 0 Å². The minimum Gasteiger partial charge on any atom is -0.344 e. The van der Waals surface area contributed by atoms with Crippen LogP contribution in [0.4, 0.5) is 4.79 Å². The summed E-state index contributed by atoms with van der Waals surface area (Å²) < 4.78 is 0. The van der Waals surface area contributed by atoms with Crippen molar-refractivity contribution in [2.24, 2.45) is 0 Å². The van der Waals surface area contributed by atoms with E-state index in [0.29, 0.717) is 6.04 Å². The fourth-order valence-corrected chi connectivity index (χ4v) is 3.82. The predicted octanol–water partition coefficient (Wildman–Crippen LogP) is 6.29. The van der Waals surface area contributed by atoms with E-state index in [1.807, 2.05) is 0 Å². The SMILES string of the molecule is CCCCCCCCCCCSC(=O)NC1CCCCC1. The third kappa shape index (κ3) is 11.1. The molecule has 2 nitrogen and oxygen atoms in total. The van der Waals surface area contributed by atoms with Gasteiger partial charge in [0.1, 0.15) is 0 Å². The van der Waals surface area contributed by atoms with Crippen LogP contribution in [-0.2, 0) is 0 Å². The molecule has 0 heterocycles. The Kier molecular flexibility index (Phi) is 12.1. The number of hydrogen-bond acceptors (Lipinski definition) is 2. The van der Waals surface area contributed by atoms with Crippen molar-refractivity contribution in [2.45, 2.75) is 103 Å². The van der Waals surface area contributed by atoms with Crippen molar-refractivity contribution in [1.82, 2.24) is 5.32 Å². The molecule has 1 aliphatic rings. The van der Waals surface area contributed by atoms with Crippen LogP contribution >= 0.6 is 11.8 Å². The number of rotatable bonds is 11. The highest BCUT2D eigenvalue weighted by atomic mass is 32.2. The summed E-state index contributed by atoms with van der Waals surface area (Å²) in [5, 5.41) is 3.38. The van der Waals surface area contributed by atoms with E-state index in [9.17, 15) is 4.79 Å². The van der Waals surface area contributed by atoms with E-state index >= 15 is 0 Å². The molecule has 0 radical (unpaired) electrons. The zero-order valence-electron chi connectivity index (χ0n) is 14.0. The van der Waals surface area contributed by atoms with Gasteiger partial charge in [0.15, 0.2) is 0 Å². The Hall–Kier alpha value is -0.180. The molecule has 1 fully saturated rings. The maximum Gasteiger partial charge on any atom is 0.279 e. The van der Waals surface area contributed by atoms with Gasteiger partial charge in [-0.2, -0.15) is 0 Å². The van der Waals surface area contributed by atoms with Crippen molar-refractivity contribution >= 4 is 17.0 Å². The Morgan fingerprint density at radius 1 is 0.905 bits per heavy atom. The van der Waals surface area contributed by atoms with E-state index in [1.165, 1.54) is 102 Å². The van der Waals surface area contributed by atoms with Gasteiger partial charge in [0, 0.05) is 11.8 Å². The van der Waals surface area contributed by atoms with Gasteiger partial charge in [-0.15, -0.1) is 0 Å². The molecule has 0 aromatic carbocycles. The third-order valence-electron chi connectivity index (χ3n) is 4.41. The Balaban J connectivity index is 1.81. The molecule has 1 saturated carbocycles. The van der Waals surface area contributed by atoms with Crippen LogP contribution in [0.25, 0.3) is 0 Å². The molecule has 0 bridgehead atoms. The van der Waals surface area contributed by atoms with Crippen LogP contribution in [0.15, 0.2) is 0 Å². The molecule has 1 aliphatic carbocycles.